The summed E-state index contributed by atoms with van der Waals surface area (Å²) in [5.41, 5.74) is 3.30. The number of ether oxygens (including phenoxy) is 2. The smallest absolute Gasteiger partial charge is 0.331 e. The average molecular weight is 350 g/mol. The molecule has 0 unspecified atom stereocenters. The summed E-state index contributed by atoms with van der Waals surface area (Å²) >= 11 is 3.47. The summed E-state index contributed by atoms with van der Waals surface area (Å²) in [6.07, 6.45) is 2.46. The van der Waals surface area contributed by atoms with Gasteiger partial charge in [0.25, 0.3) is 0 Å². The van der Waals surface area contributed by atoms with E-state index in [4.69, 9.17) is 4.74 Å². The molecule has 1 aromatic heterocycles. The van der Waals surface area contributed by atoms with Crippen LogP contribution in [0.2, 0.25) is 0 Å². The van der Waals surface area contributed by atoms with Crippen molar-refractivity contribution in [2.24, 2.45) is 0 Å². The van der Waals surface area contributed by atoms with Crippen molar-refractivity contribution in [3.63, 3.8) is 0 Å². The summed E-state index contributed by atoms with van der Waals surface area (Å²) < 4.78 is 10.7. The van der Waals surface area contributed by atoms with Crippen LogP contribution in [0, 0.1) is 0 Å². The van der Waals surface area contributed by atoms with E-state index in [1.807, 2.05) is 24.3 Å². The normalized spacial score (nSPS) is 10.4. The molecule has 5 heteroatoms. The Morgan fingerprint density at radius 3 is 2.71 bits per heavy atom. The van der Waals surface area contributed by atoms with E-state index in [1.54, 1.807) is 6.20 Å². The average Bonchev–Trinajstić information content (AvgIpc) is 2.52. The molecule has 0 radical (unpaired) electrons. The van der Waals surface area contributed by atoms with Crippen molar-refractivity contribution in [3.05, 3.63) is 52.8 Å². The number of carbonyl (C=O) groups is 1. The minimum Gasteiger partial charge on any atom is -0.467 e. The third-order valence-corrected chi connectivity index (χ3v) is 3.66. The first-order chi connectivity index (χ1) is 10.2. The zero-order valence-electron chi connectivity index (χ0n) is 11.7. The highest BCUT2D eigenvalue weighted by atomic mass is 79.9. The fourth-order valence-electron chi connectivity index (χ4n) is 1.98. The largest absolute Gasteiger partial charge is 0.467 e. The Hall–Kier alpha value is -1.72. The number of aromatic nitrogens is 1. The van der Waals surface area contributed by atoms with Gasteiger partial charge in [-0.3, -0.25) is 0 Å². The lowest BCUT2D eigenvalue weighted by molar-refractivity contribution is -0.145. The maximum atomic E-state index is 11.0. The van der Waals surface area contributed by atoms with Crippen LogP contribution in [-0.2, 0) is 20.7 Å². The van der Waals surface area contributed by atoms with Crippen LogP contribution in [0.3, 0.4) is 0 Å². The number of carbonyl (C=O) groups excluding carboxylic acids is 1. The minimum absolute atomic E-state index is 0.0186. The lowest BCUT2D eigenvalue weighted by atomic mass is 9.99. The Kier molecular flexibility index (Phi) is 5.90. The van der Waals surface area contributed by atoms with Crippen molar-refractivity contribution < 1.29 is 14.3 Å². The molecule has 0 saturated heterocycles. The molecule has 0 aliphatic heterocycles. The van der Waals surface area contributed by atoms with Crippen molar-refractivity contribution >= 4 is 21.9 Å². The molecule has 0 saturated carbocycles. The van der Waals surface area contributed by atoms with E-state index < -0.39 is 0 Å². The zero-order valence-corrected chi connectivity index (χ0v) is 13.3. The number of nitrogens with zero attached hydrogens (tertiary/aromatic N) is 1. The lowest BCUT2D eigenvalue weighted by Gasteiger charge is -2.11. The molecule has 0 amide bonds. The molecular weight excluding hydrogens is 334 g/mol. The van der Waals surface area contributed by atoms with Crippen molar-refractivity contribution in [1.29, 1.82) is 0 Å². The number of pyridine rings is 1. The van der Waals surface area contributed by atoms with E-state index in [9.17, 15) is 4.79 Å². The fraction of sp³-hybridized carbons (Fsp3) is 0.250. The number of halogens is 1. The Balaban J connectivity index is 2.08. The molecule has 0 spiro atoms. The monoisotopic (exact) mass is 349 g/mol. The number of hydrogen-bond acceptors (Lipinski definition) is 4. The highest BCUT2D eigenvalue weighted by Gasteiger charge is 2.08. The molecule has 21 heavy (non-hydrogen) atoms. The Bertz CT molecular complexity index is 616. The van der Waals surface area contributed by atoms with Gasteiger partial charge in [-0.05, 0) is 39.5 Å². The van der Waals surface area contributed by atoms with Gasteiger partial charge in [0.05, 0.1) is 13.7 Å². The molecular formula is C16H16BrNO3. The van der Waals surface area contributed by atoms with Gasteiger partial charge in [-0.25, -0.2) is 9.78 Å². The number of esters is 1. The SMILES string of the molecule is COC(=O)COCCc1ccccc1-c1cccnc1Br. The molecule has 0 fully saturated rings. The molecule has 0 atom stereocenters. The predicted molar refractivity (Wildman–Crippen MR) is 83.9 cm³/mol. The first-order valence-electron chi connectivity index (χ1n) is 6.55. The zero-order chi connectivity index (χ0) is 15.1. The summed E-state index contributed by atoms with van der Waals surface area (Å²) in [5.74, 6) is -0.363. The maximum absolute atomic E-state index is 11.0. The van der Waals surface area contributed by atoms with Crippen LogP contribution in [0.25, 0.3) is 11.1 Å². The highest BCUT2D eigenvalue weighted by Crippen LogP contribution is 2.29. The standard InChI is InChI=1S/C16H16BrNO3/c1-20-15(19)11-21-10-8-12-5-2-3-6-13(12)14-7-4-9-18-16(14)17/h2-7,9H,8,10-11H2,1H3. The van der Waals surface area contributed by atoms with Crippen LogP contribution in [0.5, 0.6) is 0 Å². The van der Waals surface area contributed by atoms with Crippen LogP contribution < -0.4 is 0 Å². The van der Waals surface area contributed by atoms with E-state index in [0.29, 0.717) is 13.0 Å². The van der Waals surface area contributed by atoms with Crippen LogP contribution in [0.15, 0.2) is 47.2 Å². The van der Waals surface area contributed by atoms with Gasteiger partial charge in [0, 0.05) is 11.8 Å². The van der Waals surface area contributed by atoms with Gasteiger partial charge in [0.15, 0.2) is 0 Å². The van der Waals surface area contributed by atoms with E-state index >= 15 is 0 Å². The second-order valence-corrected chi connectivity index (χ2v) is 5.13. The fourth-order valence-corrected chi connectivity index (χ4v) is 2.45. The predicted octanol–water partition coefficient (Wildman–Crippen LogP) is 3.24. The summed E-state index contributed by atoms with van der Waals surface area (Å²) in [4.78, 5) is 15.2. The quantitative estimate of drug-likeness (QED) is 0.456. The van der Waals surface area contributed by atoms with Crippen LogP contribution >= 0.6 is 15.9 Å². The maximum Gasteiger partial charge on any atom is 0.331 e. The van der Waals surface area contributed by atoms with Gasteiger partial charge in [0.2, 0.25) is 0 Å². The third-order valence-electron chi connectivity index (χ3n) is 3.03. The van der Waals surface area contributed by atoms with Crippen molar-refractivity contribution in [2.45, 2.75) is 6.42 Å². The Morgan fingerprint density at radius 2 is 1.95 bits per heavy atom. The van der Waals surface area contributed by atoms with E-state index in [-0.39, 0.29) is 12.6 Å². The number of methoxy groups -OCH3 is 1. The summed E-state index contributed by atoms with van der Waals surface area (Å²) in [6.45, 7) is 0.444. The topological polar surface area (TPSA) is 48.4 Å². The molecule has 0 N–H and O–H groups in total. The second kappa shape index (κ2) is 7.90. The van der Waals surface area contributed by atoms with E-state index in [1.165, 1.54) is 7.11 Å². The van der Waals surface area contributed by atoms with Crippen LogP contribution in [-0.4, -0.2) is 31.3 Å². The summed E-state index contributed by atoms with van der Waals surface area (Å²) in [5, 5.41) is 0. The number of rotatable bonds is 6. The lowest BCUT2D eigenvalue weighted by Crippen LogP contribution is -2.12. The Morgan fingerprint density at radius 1 is 1.19 bits per heavy atom. The first-order valence-corrected chi connectivity index (χ1v) is 7.35. The first kappa shape index (κ1) is 15.7. The molecule has 1 aromatic carbocycles. The molecule has 0 bridgehead atoms. The van der Waals surface area contributed by atoms with Gasteiger partial charge in [-0.2, -0.15) is 0 Å². The van der Waals surface area contributed by atoms with E-state index in [2.05, 4.69) is 37.8 Å². The highest BCUT2D eigenvalue weighted by molar-refractivity contribution is 9.10. The van der Waals surface area contributed by atoms with Gasteiger partial charge in [-0.1, -0.05) is 30.3 Å². The van der Waals surface area contributed by atoms with Gasteiger partial charge in [-0.15, -0.1) is 0 Å². The third kappa shape index (κ3) is 4.37. The molecule has 110 valence electrons. The van der Waals surface area contributed by atoms with Gasteiger partial charge < -0.3 is 9.47 Å². The van der Waals surface area contributed by atoms with Crippen molar-refractivity contribution in [1.82, 2.24) is 4.98 Å². The Labute approximate surface area is 132 Å². The van der Waals surface area contributed by atoms with Crippen molar-refractivity contribution in [3.8, 4) is 11.1 Å². The van der Waals surface area contributed by atoms with E-state index in [0.717, 1.165) is 21.3 Å². The molecule has 4 nitrogen and oxygen atoms in total. The molecule has 2 aromatic rings. The van der Waals surface area contributed by atoms with Crippen LogP contribution in [0.1, 0.15) is 5.56 Å². The van der Waals surface area contributed by atoms with Gasteiger partial charge in [0.1, 0.15) is 11.2 Å². The molecule has 0 aliphatic rings. The molecule has 2 rings (SSSR count). The number of hydrogen-bond donors (Lipinski definition) is 0. The van der Waals surface area contributed by atoms with Crippen molar-refractivity contribution in [2.75, 3.05) is 20.3 Å². The van der Waals surface area contributed by atoms with Crippen LogP contribution in [0.4, 0.5) is 0 Å². The second-order valence-electron chi connectivity index (χ2n) is 4.38. The summed E-state index contributed by atoms with van der Waals surface area (Å²) in [7, 11) is 1.35. The van der Waals surface area contributed by atoms with Gasteiger partial charge >= 0.3 is 5.97 Å². The summed E-state index contributed by atoms with van der Waals surface area (Å²) in [6, 6.07) is 12.0. The number of benzene rings is 1. The molecule has 0 aliphatic carbocycles. The minimum atomic E-state index is -0.363. The molecule has 1 heterocycles.